The van der Waals surface area contributed by atoms with Crippen LogP contribution < -0.4 is 5.73 Å². The smallest absolute Gasteiger partial charge is 0.175 e. The summed E-state index contributed by atoms with van der Waals surface area (Å²) in [5, 5.41) is 7.39. The van der Waals surface area contributed by atoms with Crippen molar-refractivity contribution in [1.82, 2.24) is 10.2 Å². The second kappa shape index (κ2) is 3.01. The molecule has 0 unspecified atom stereocenters. The van der Waals surface area contributed by atoms with Gasteiger partial charge in [0.15, 0.2) is 4.34 Å². The average Bonchev–Trinajstić information content (AvgIpc) is 2.19. The highest BCUT2D eigenvalue weighted by Gasteiger charge is 1.91. The Morgan fingerprint density at radius 3 is 3.25 bits per heavy atom. The van der Waals surface area contributed by atoms with Crippen molar-refractivity contribution in [2.24, 2.45) is 5.73 Å². The Bertz CT molecular complexity index is 138. The highest BCUT2D eigenvalue weighted by molar-refractivity contribution is 8.00. The van der Waals surface area contributed by atoms with Crippen molar-refractivity contribution in [3.05, 3.63) is 5.51 Å². The van der Waals surface area contributed by atoms with Gasteiger partial charge in [0.2, 0.25) is 0 Å². The lowest BCUT2D eigenvalue weighted by Crippen LogP contribution is -1.90. The lowest BCUT2D eigenvalue weighted by atomic mass is 11.5. The molecule has 0 atom stereocenters. The zero-order chi connectivity index (χ0) is 5.82. The van der Waals surface area contributed by atoms with Gasteiger partial charge in [-0.2, -0.15) is 0 Å². The topological polar surface area (TPSA) is 51.8 Å². The first kappa shape index (κ1) is 6.00. The Labute approximate surface area is 55.3 Å². The molecule has 0 saturated heterocycles. The van der Waals surface area contributed by atoms with E-state index in [0.29, 0.717) is 5.88 Å². The van der Waals surface area contributed by atoms with Gasteiger partial charge in [-0.3, -0.25) is 0 Å². The third-order valence-corrected chi connectivity index (χ3v) is 2.17. The van der Waals surface area contributed by atoms with Gasteiger partial charge >= 0.3 is 0 Å². The van der Waals surface area contributed by atoms with Gasteiger partial charge in [-0.1, -0.05) is 23.1 Å². The quantitative estimate of drug-likeness (QED) is 0.490. The standard InChI is InChI=1S/C3H5N3S2/c4-1-7-3-6-5-2-8-3/h2H,1,4H2. The van der Waals surface area contributed by atoms with Gasteiger partial charge in [-0.15, -0.1) is 10.2 Å². The Morgan fingerprint density at radius 2 is 2.75 bits per heavy atom. The van der Waals surface area contributed by atoms with Gasteiger partial charge in [0.05, 0.1) is 0 Å². The molecule has 44 valence electrons. The van der Waals surface area contributed by atoms with E-state index in [4.69, 9.17) is 5.73 Å². The molecular formula is C3H5N3S2. The van der Waals surface area contributed by atoms with Gasteiger partial charge in [-0.05, 0) is 0 Å². The molecule has 0 aliphatic heterocycles. The molecule has 1 aromatic rings. The second-order valence-electron chi connectivity index (χ2n) is 1.02. The van der Waals surface area contributed by atoms with E-state index in [-0.39, 0.29) is 0 Å². The van der Waals surface area contributed by atoms with Gasteiger partial charge in [-0.25, -0.2) is 0 Å². The number of hydrogen-bond donors (Lipinski definition) is 1. The predicted molar refractivity (Wildman–Crippen MR) is 34.8 cm³/mol. The van der Waals surface area contributed by atoms with Crippen molar-refractivity contribution in [3.8, 4) is 0 Å². The normalized spacial score (nSPS) is 9.62. The largest absolute Gasteiger partial charge is 0.322 e. The third kappa shape index (κ3) is 1.43. The van der Waals surface area contributed by atoms with Crippen LogP contribution in [0.1, 0.15) is 0 Å². The Morgan fingerprint density at radius 1 is 1.88 bits per heavy atom. The van der Waals surface area contributed by atoms with Crippen LogP contribution in [-0.4, -0.2) is 16.1 Å². The van der Waals surface area contributed by atoms with Gasteiger partial charge in [0.25, 0.3) is 0 Å². The van der Waals surface area contributed by atoms with E-state index in [2.05, 4.69) is 10.2 Å². The molecule has 0 fully saturated rings. The van der Waals surface area contributed by atoms with E-state index in [0.717, 1.165) is 4.34 Å². The summed E-state index contributed by atoms with van der Waals surface area (Å²) in [7, 11) is 0. The van der Waals surface area contributed by atoms with Crippen LogP contribution in [0.2, 0.25) is 0 Å². The molecular weight excluding hydrogens is 142 g/mol. The molecule has 0 aromatic carbocycles. The second-order valence-corrected chi connectivity index (χ2v) is 3.12. The molecule has 5 heteroatoms. The molecule has 0 aliphatic carbocycles. The van der Waals surface area contributed by atoms with Crippen LogP contribution in [0, 0.1) is 0 Å². The highest BCUT2D eigenvalue weighted by Crippen LogP contribution is 2.15. The van der Waals surface area contributed by atoms with Crippen molar-refractivity contribution in [2.45, 2.75) is 4.34 Å². The molecule has 0 amide bonds. The van der Waals surface area contributed by atoms with Gasteiger partial charge in [0, 0.05) is 5.88 Å². The van der Waals surface area contributed by atoms with Crippen molar-refractivity contribution < 1.29 is 0 Å². The fourth-order valence-corrected chi connectivity index (χ4v) is 1.43. The van der Waals surface area contributed by atoms with E-state index in [1.807, 2.05) is 0 Å². The van der Waals surface area contributed by atoms with Crippen LogP contribution in [-0.2, 0) is 0 Å². The summed E-state index contributed by atoms with van der Waals surface area (Å²) in [6, 6.07) is 0. The maximum atomic E-state index is 5.22. The fraction of sp³-hybridized carbons (Fsp3) is 0.333. The van der Waals surface area contributed by atoms with Crippen molar-refractivity contribution in [3.63, 3.8) is 0 Å². The molecule has 0 radical (unpaired) electrons. The number of rotatable bonds is 2. The molecule has 0 saturated carbocycles. The summed E-state index contributed by atoms with van der Waals surface area (Å²) in [6.07, 6.45) is 0. The first-order valence-electron chi connectivity index (χ1n) is 2.02. The highest BCUT2D eigenvalue weighted by atomic mass is 32.2. The molecule has 0 bridgehead atoms. The Kier molecular flexibility index (Phi) is 2.26. The summed E-state index contributed by atoms with van der Waals surface area (Å²) in [5.41, 5.74) is 6.91. The van der Waals surface area contributed by atoms with Crippen LogP contribution in [0.3, 0.4) is 0 Å². The van der Waals surface area contributed by atoms with Gasteiger partial charge < -0.3 is 5.73 Å². The molecule has 1 aromatic heterocycles. The monoisotopic (exact) mass is 147 g/mol. The Balaban J connectivity index is 2.50. The van der Waals surface area contributed by atoms with Crippen LogP contribution >= 0.6 is 23.1 Å². The minimum Gasteiger partial charge on any atom is -0.322 e. The summed E-state index contributed by atoms with van der Waals surface area (Å²) in [6.45, 7) is 0. The molecule has 2 N–H and O–H groups in total. The summed E-state index contributed by atoms with van der Waals surface area (Å²) in [4.78, 5) is 0. The lowest BCUT2D eigenvalue weighted by molar-refractivity contribution is 1.01. The number of nitrogens with zero attached hydrogens (tertiary/aromatic N) is 2. The fourth-order valence-electron chi connectivity index (χ4n) is 0.297. The number of hydrogen-bond acceptors (Lipinski definition) is 5. The summed E-state index contributed by atoms with van der Waals surface area (Å²) >= 11 is 3.01. The number of nitrogens with two attached hydrogens (primary N) is 1. The van der Waals surface area contributed by atoms with E-state index in [9.17, 15) is 0 Å². The van der Waals surface area contributed by atoms with Crippen molar-refractivity contribution >= 4 is 23.1 Å². The van der Waals surface area contributed by atoms with Crippen LogP contribution in [0.25, 0.3) is 0 Å². The predicted octanol–water partition coefficient (Wildman–Crippen LogP) is 0.546. The van der Waals surface area contributed by atoms with Crippen LogP contribution in [0.15, 0.2) is 9.85 Å². The van der Waals surface area contributed by atoms with Gasteiger partial charge in [0.1, 0.15) is 5.51 Å². The van der Waals surface area contributed by atoms with E-state index >= 15 is 0 Å². The summed E-state index contributed by atoms with van der Waals surface area (Å²) < 4.78 is 0.938. The van der Waals surface area contributed by atoms with Crippen molar-refractivity contribution in [1.29, 1.82) is 0 Å². The first-order chi connectivity index (χ1) is 3.93. The molecule has 8 heavy (non-hydrogen) atoms. The Hall–Kier alpha value is -0.130. The lowest BCUT2D eigenvalue weighted by Gasteiger charge is -1.83. The third-order valence-electron chi connectivity index (χ3n) is 0.547. The molecule has 0 spiro atoms. The average molecular weight is 147 g/mol. The number of aromatic nitrogens is 2. The molecule has 0 aliphatic rings. The zero-order valence-corrected chi connectivity index (χ0v) is 5.71. The minimum absolute atomic E-state index is 0.579. The van der Waals surface area contributed by atoms with Crippen molar-refractivity contribution in [2.75, 3.05) is 5.88 Å². The summed E-state index contributed by atoms with van der Waals surface area (Å²) in [5.74, 6) is 0.579. The molecule has 1 heterocycles. The SMILES string of the molecule is NCSc1nncs1. The molecule has 3 nitrogen and oxygen atoms in total. The van der Waals surface area contributed by atoms with E-state index in [1.54, 1.807) is 5.51 Å². The zero-order valence-electron chi connectivity index (χ0n) is 4.07. The van der Waals surface area contributed by atoms with E-state index < -0.39 is 0 Å². The van der Waals surface area contributed by atoms with E-state index in [1.165, 1.54) is 23.1 Å². The van der Waals surface area contributed by atoms with Crippen LogP contribution in [0.4, 0.5) is 0 Å². The maximum absolute atomic E-state index is 5.22. The number of thioether (sulfide) groups is 1. The maximum Gasteiger partial charge on any atom is 0.175 e. The van der Waals surface area contributed by atoms with Crippen LogP contribution in [0.5, 0.6) is 0 Å². The first-order valence-corrected chi connectivity index (χ1v) is 3.89. The molecule has 1 rings (SSSR count). The minimum atomic E-state index is 0.579.